The molecule has 0 saturated heterocycles. The molecule has 7 heteroatoms. The van der Waals surface area contributed by atoms with E-state index in [0.29, 0.717) is 36.2 Å². The van der Waals surface area contributed by atoms with Gasteiger partial charge in [-0.15, -0.1) is 0 Å². The third-order valence-electron chi connectivity index (χ3n) is 3.57. The fourth-order valence-electron chi connectivity index (χ4n) is 2.22. The van der Waals surface area contributed by atoms with Gasteiger partial charge in [0.2, 0.25) is 17.6 Å². The molecule has 24 heavy (non-hydrogen) atoms. The van der Waals surface area contributed by atoms with E-state index in [2.05, 4.69) is 16.2 Å². The van der Waals surface area contributed by atoms with Crippen LogP contribution in [0.4, 0.5) is 0 Å². The zero-order valence-corrected chi connectivity index (χ0v) is 14.5. The van der Waals surface area contributed by atoms with E-state index in [0.717, 1.165) is 5.56 Å². The average Bonchev–Trinajstić information content (AvgIpc) is 3.06. The second-order valence-corrected chi connectivity index (χ2v) is 5.92. The van der Waals surface area contributed by atoms with Gasteiger partial charge < -0.3 is 9.42 Å². The number of rotatable bonds is 7. The number of hydrogen-bond donors (Lipinski definition) is 0. The number of halogens is 1. The number of hydrogen-bond acceptors (Lipinski definition) is 5. The van der Waals surface area contributed by atoms with Crippen molar-refractivity contribution in [2.24, 2.45) is 5.92 Å². The molecule has 2 rings (SSSR count). The predicted octanol–water partition coefficient (Wildman–Crippen LogP) is 3.33. The molecule has 0 spiro atoms. The van der Waals surface area contributed by atoms with Crippen LogP contribution in [0, 0.1) is 17.2 Å². The summed E-state index contributed by atoms with van der Waals surface area (Å²) >= 11 is 5.85. The molecular formula is C17H19ClN4O2. The maximum atomic E-state index is 12.2. The lowest BCUT2D eigenvalue weighted by Crippen LogP contribution is -2.34. The molecule has 1 amide bonds. The van der Waals surface area contributed by atoms with Crippen LogP contribution in [-0.4, -0.2) is 34.0 Å². The summed E-state index contributed by atoms with van der Waals surface area (Å²) in [5, 5.41) is 13.4. The maximum absolute atomic E-state index is 12.2. The van der Waals surface area contributed by atoms with Gasteiger partial charge in [-0.25, -0.2) is 0 Å². The average molecular weight is 347 g/mol. The highest BCUT2D eigenvalue weighted by atomic mass is 35.5. The lowest BCUT2D eigenvalue weighted by Gasteiger charge is -2.21. The molecule has 0 aliphatic carbocycles. The number of carbonyl (C=O) groups excluding carboxylic acids is 1. The van der Waals surface area contributed by atoms with Gasteiger partial charge in [-0.1, -0.05) is 16.8 Å². The van der Waals surface area contributed by atoms with Crippen LogP contribution in [0.2, 0.25) is 5.02 Å². The Morgan fingerprint density at radius 1 is 1.42 bits per heavy atom. The minimum atomic E-state index is -0.186. The Kier molecular flexibility index (Phi) is 6.33. The standard InChI is InChI=1S/C17H19ClN4O2/c1-3-22(11-12(2)10-19)16(23)9-8-15-20-17(21-24-15)13-4-6-14(18)7-5-13/h4-7,12H,3,8-9,11H2,1-2H3/t12-/m0/s1. The molecule has 0 bridgehead atoms. The smallest absolute Gasteiger partial charge is 0.227 e. The summed E-state index contributed by atoms with van der Waals surface area (Å²) < 4.78 is 5.20. The van der Waals surface area contributed by atoms with Gasteiger partial charge >= 0.3 is 0 Å². The third-order valence-corrected chi connectivity index (χ3v) is 3.82. The Bertz CT molecular complexity index is 721. The van der Waals surface area contributed by atoms with Gasteiger partial charge in [-0.3, -0.25) is 4.79 Å². The van der Waals surface area contributed by atoms with E-state index in [1.807, 2.05) is 19.1 Å². The number of nitriles is 1. The number of benzene rings is 1. The Hall–Kier alpha value is -2.39. The largest absolute Gasteiger partial charge is 0.342 e. The van der Waals surface area contributed by atoms with Crippen molar-refractivity contribution in [3.63, 3.8) is 0 Å². The van der Waals surface area contributed by atoms with Crippen molar-refractivity contribution in [1.82, 2.24) is 15.0 Å². The molecule has 1 atom stereocenters. The van der Waals surface area contributed by atoms with E-state index in [9.17, 15) is 4.79 Å². The Balaban J connectivity index is 1.94. The van der Waals surface area contributed by atoms with Gasteiger partial charge in [0.25, 0.3) is 0 Å². The minimum absolute atomic E-state index is 0.0224. The fourth-order valence-corrected chi connectivity index (χ4v) is 2.35. The van der Waals surface area contributed by atoms with Crippen LogP contribution in [0.15, 0.2) is 28.8 Å². The normalized spacial score (nSPS) is 11.8. The van der Waals surface area contributed by atoms with Gasteiger partial charge in [0.1, 0.15) is 0 Å². The Morgan fingerprint density at radius 2 is 2.12 bits per heavy atom. The van der Waals surface area contributed by atoms with Crippen molar-refractivity contribution in [2.45, 2.75) is 26.7 Å². The molecule has 6 nitrogen and oxygen atoms in total. The minimum Gasteiger partial charge on any atom is -0.342 e. The van der Waals surface area contributed by atoms with Crippen LogP contribution < -0.4 is 0 Å². The van der Waals surface area contributed by atoms with Crippen LogP contribution in [0.25, 0.3) is 11.4 Å². The number of carbonyl (C=O) groups is 1. The van der Waals surface area contributed by atoms with Gasteiger partial charge in [0.05, 0.1) is 12.0 Å². The zero-order valence-electron chi connectivity index (χ0n) is 13.7. The molecule has 126 valence electrons. The van der Waals surface area contributed by atoms with Gasteiger partial charge in [0, 0.05) is 36.5 Å². The molecule has 1 heterocycles. The second-order valence-electron chi connectivity index (χ2n) is 5.48. The molecule has 0 aliphatic heterocycles. The first-order chi connectivity index (χ1) is 11.5. The molecule has 0 fully saturated rings. The van der Waals surface area contributed by atoms with E-state index in [1.165, 1.54) is 0 Å². The summed E-state index contributed by atoms with van der Waals surface area (Å²) in [6.45, 7) is 4.70. The van der Waals surface area contributed by atoms with Gasteiger partial charge in [-0.05, 0) is 38.1 Å². The van der Waals surface area contributed by atoms with Crippen LogP contribution in [0.5, 0.6) is 0 Å². The third kappa shape index (κ3) is 4.80. The van der Waals surface area contributed by atoms with Crippen molar-refractivity contribution < 1.29 is 9.32 Å². The van der Waals surface area contributed by atoms with Crippen molar-refractivity contribution >= 4 is 17.5 Å². The molecular weight excluding hydrogens is 328 g/mol. The molecule has 1 aromatic carbocycles. The van der Waals surface area contributed by atoms with Crippen molar-refractivity contribution in [2.75, 3.05) is 13.1 Å². The lowest BCUT2D eigenvalue weighted by atomic mass is 10.2. The molecule has 0 saturated carbocycles. The first-order valence-corrected chi connectivity index (χ1v) is 8.17. The maximum Gasteiger partial charge on any atom is 0.227 e. The zero-order chi connectivity index (χ0) is 17.5. The van der Waals surface area contributed by atoms with Crippen LogP contribution >= 0.6 is 11.6 Å². The highest BCUT2D eigenvalue weighted by Crippen LogP contribution is 2.19. The van der Waals surface area contributed by atoms with Crippen LogP contribution in [0.3, 0.4) is 0 Å². The predicted molar refractivity (Wildman–Crippen MR) is 90.1 cm³/mol. The fraction of sp³-hybridized carbons (Fsp3) is 0.412. The van der Waals surface area contributed by atoms with Gasteiger partial charge in [-0.2, -0.15) is 10.2 Å². The number of amides is 1. The first-order valence-electron chi connectivity index (χ1n) is 7.79. The summed E-state index contributed by atoms with van der Waals surface area (Å²) in [6.07, 6.45) is 0.644. The summed E-state index contributed by atoms with van der Waals surface area (Å²) in [4.78, 5) is 18.2. The SMILES string of the molecule is CCN(C[C@@H](C)C#N)C(=O)CCc1nc(-c2ccc(Cl)cc2)no1. The quantitative estimate of drug-likeness (QED) is 0.767. The Labute approximate surface area is 146 Å². The molecule has 1 aromatic heterocycles. The van der Waals surface area contributed by atoms with E-state index < -0.39 is 0 Å². The monoisotopic (exact) mass is 346 g/mol. The molecule has 0 radical (unpaired) electrons. The van der Waals surface area contributed by atoms with Crippen molar-refractivity contribution in [3.8, 4) is 17.5 Å². The highest BCUT2D eigenvalue weighted by Gasteiger charge is 2.16. The van der Waals surface area contributed by atoms with E-state index in [-0.39, 0.29) is 18.2 Å². The number of aromatic nitrogens is 2. The first kappa shape index (κ1) is 18.0. The van der Waals surface area contributed by atoms with E-state index in [1.54, 1.807) is 24.0 Å². The Morgan fingerprint density at radius 3 is 2.75 bits per heavy atom. The summed E-state index contributed by atoms with van der Waals surface area (Å²) in [5.41, 5.74) is 0.804. The van der Waals surface area contributed by atoms with Gasteiger partial charge in [0.15, 0.2) is 0 Å². The lowest BCUT2D eigenvalue weighted by molar-refractivity contribution is -0.131. The summed E-state index contributed by atoms with van der Waals surface area (Å²) in [6, 6.07) is 9.27. The number of nitrogens with zero attached hydrogens (tertiary/aromatic N) is 4. The molecule has 0 N–H and O–H groups in total. The van der Waals surface area contributed by atoms with Crippen molar-refractivity contribution in [3.05, 3.63) is 35.2 Å². The topological polar surface area (TPSA) is 83.0 Å². The molecule has 0 unspecified atom stereocenters. The van der Waals surface area contributed by atoms with E-state index in [4.69, 9.17) is 21.4 Å². The molecule has 0 aliphatic rings. The summed E-state index contributed by atoms with van der Waals surface area (Å²) in [5.74, 6) is 0.678. The second kappa shape index (κ2) is 8.46. The molecule has 2 aromatic rings. The van der Waals surface area contributed by atoms with Crippen molar-refractivity contribution in [1.29, 1.82) is 5.26 Å². The highest BCUT2D eigenvalue weighted by molar-refractivity contribution is 6.30. The van der Waals surface area contributed by atoms with E-state index >= 15 is 0 Å². The number of aryl methyl sites for hydroxylation is 1. The van der Waals surface area contributed by atoms with Crippen LogP contribution in [-0.2, 0) is 11.2 Å². The summed E-state index contributed by atoms with van der Waals surface area (Å²) in [7, 11) is 0. The van der Waals surface area contributed by atoms with Crippen LogP contribution in [0.1, 0.15) is 26.2 Å².